The molecule has 0 bridgehead atoms. The van der Waals surface area contributed by atoms with Crippen molar-refractivity contribution in [2.45, 2.75) is 33.1 Å². The van der Waals surface area contributed by atoms with E-state index in [1.54, 1.807) is 12.1 Å². The molecule has 22 heavy (non-hydrogen) atoms. The molecule has 1 aromatic carbocycles. The Hall–Kier alpha value is -0.830. The molecule has 1 aromatic rings. The average Bonchev–Trinajstić information content (AvgIpc) is 2.58. The van der Waals surface area contributed by atoms with E-state index in [1.807, 2.05) is 17.4 Å². The summed E-state index contributed by atoms with van der Waals surface area (Å²) in [5.74, 6) is 0. The molecule has 1 fully saturated rings. The largest absolute Gasteiger partial charge is 0.314 e. The fourth-order valence-corrected chi connectivity index (χ4v) is 3.11. The normalized spacial score (nSPS) is 37.4. The maximum Gasteiger partial charge on any atom is 0.0444 e. The third kappa shape index (κ3) is 3.92. The first-order valence-electron chi connectivity index (χ1n) is 11.5. The summed E-state index contributed by atoms with van der Waals surface area (Å²) in [6.45, 7) is -7.04. The van der Waals surface area contributed by atoms with Gasteiger partial charge in [0.25, 0.3) is 0 Å². The van der Waals surface area contributed by atoms with Gasteiger partial charge in [-0.15, -0.1) is 0 Å². The van der Waals surface area contributed by atoms with Crippen LogP contribution in [0.15, 0.2) is 29.8 Å². The van der Waals surface area contributed by atoms with E-state index in [9.17, 15) is 0 Å². The third-order valence-electron chi connectivity index (χ3n) is 4.23. The highest BCUT2D eigenvalue weighted by Gasteiger charge is 2.28. The summed E-state index contributed by atoms with van der Waals surface area (Å²) >= 11 is 6.02. The Morgan fingerprint density at radius 1 is 1.23 bits per heavy atom. The minimum absolute atomic E-state index is 0.00314. The summed E-state index contributed by atoms with van der Waals surface area (Å²) in [7, 11) is 0. The molecular weight excluding hydrogens is 292 g/mol. The zero-order valence-electron chi connectivity index (χ0n) is 21.0. The van der Waals surface area contributed by atoms with Crippen LogP contribution in [0.4, 0.5) is 0 Å². The number of halogens is 1. The van der Waals surface area contributed by atoms with Crippen molar-refractivity contribution in [2.24, 2.45) is 5.41 Å². The average molecular weight is 327 g/mol. The van der Waals surface area contributed by atoms with Crippen LogP contribution < -0.4 is 5.32 Å². The quantitative estimate of drug-likeness (QED) is 0.895. The van der Waals surface area contributed by atoms with Crippen molar-refractivity contribution < 1.29 is 11.0 Å². The van der Waals surface area contributed by atoms with E-state index in [-0.39, 0.29) is 12.0 Å². The number of piperazine rings is 1. The van der Waals surface area contributed by atoms with E-state index in [4.69, 9.17) is 22.6 Å². The molecule has 0 aromatic heterocycles. The molecule has 3 rings (SSSR count). The third-order valence-corrected chi connectivity index (χ3v) is 4.49. The topological polar surface area (TPSA) is 15.3 Å². The van der Waals surface area contributed by atoms with Crippen molar-refractivity contribution in [2.75, 3.05) is 32.5 Å². The minimum atomic E-state index is -2.78. The van der Waals surface area contributed by atoms with Gasteiger partial charge in [-0.3, -0.25) is 4.90 Å². The summed E-state index contributed by atoms with van der Waals surface area (Å²) in [5.41, 5.74) is 2.65. The fourth-order valence-electron chi connectivity index (χ4n) is 2.98. The van der Waals surface area contributed by atoms with Gasteiger partial charge in [-0.1, -0.05) is 43.2 Å². The second-order valence-electron chi connectivity index (χ2n) is 6.61. The highest BCUT2D eigenvalue weighted by atomic mass is 35.5. The second-order valence-corrected chi connectivity index (χ2v) is 7.05. The Morgan fingerprint density at radius 3 is 2.59 bits per heavy atom. The maximum absolute atomic E-state index is 8.32. The van der Waals surface area contributed by atoms with E-state index < -0.39 is 26.0 Å². The number of nitrogens with one attached hydrogen (secondary N) is 1. The van der Waals surface area contributed by atoms with E-state index in [1.165, 1.54) is 0 Å². The van der Waals surface area contributed by atoms with Crippen molar-refractivity contribution >= 4 is 17.2 Å². The van der Waals surface area contributed by atoms with Crippen LogP contribution in [-0.2, 0) is 0 Å². The van der Waals surface area contributed by atoms with Crippen LogP contribution >= 0.6 is 11.6 Å². The number of rotatable bonds is 3. The molecule has 120 valence electrons. The first-order valence-corrected chi connectivity index (χ1v) is 7.92. The molecule has 1 aliphatic heterocycles. The van der Waals surface area contributed by atoms with E-state index >= 15 is 0 Å². The summed E-state index contributed by atoms with van der Waals surface area (Å²) in [4.78, 5) is 0.695. The van der Waals surface area contributed by atoms with Gasteiger partial charge in [-0.2, -0.15) is 0 Å². The molecule has 0 saturated carbocycles. The number of hydrogen-bond acceptors (Lipinski definition) is 2. The predicted octanol–water partition coefficient (Wildman–Crippen LogP) is 4.21. The summed E-state index contributed by atoms with van der Waals surface area (Å²) in [5, 5.41) is 2.48. The van der Waals surface area contributed by atoms with Gasteiger partial charge in [-0.05, 0) is 47.9 Å². The lowest BCUT2D eigenvalue weighted by Crippen LogP contribution is -2.44. The predicted molar refractivity (Wildman–Crippen MR) is 95.3 cm³/mol. The van der Waals surface area contributed by atoms with Crippen LogP contribution in [-0.4, -0.2) is 37.4 Å². The highest BCUT2D eigenvalue weighted by Crippen LogP contribution is 2.43. The standard InChI is InChI=1S/C19H27ClN2/c1-19(2)8-7-16(14-22-11-9-21-10-12-22)18(13-19)15-3-5-17(20)6-4-15/h3-6,21H,7-14H2,1-2H3/i9D2,10D2,11D2,12D2. The minimum Gasteiger partial charge on any atom is -0.314 e. The lowest BCUT2D eigenvalue weighted by atomic mass is 9.72. The number of benzene rings is 1. The van der Waals surface area contributed by atoms with Crippen LogP contribution in [0, 0.1) is 5.41 Å². The van der Waals surface area contributed by atoms with E-state index in [0.717, 1.165) is 23.1 Å². The summed E-state index contributed by atoms with van der Waals surface area (Å²) in [6, 6.07) is 7.28. The summed E-state index contributed by atoms with van der Waals surface area (Å²) in [6.07, 6.45) is 2.10. The first-order chi connectivity index (χ1) is 13.5. The lowest BCUT2D eigenvalue weighted by molar-refractivity contribution is 0.249. The number of allylic oxidation sites excluding steroid dienone is 1. The van der Waals surface area contributed by atoms with Crippen LogP contribution in [0.2, 0.25) is 5.02 Å². The van der Waals surface area contributed by atoms with Crippen molar-refractivity contribution in [1.82, 2.24) is 10.2 Å². The summed E-state index contributed by atoms with van der Waals surface area (Å²) < 4.78 is 65.3. The molecule has 1 N–H and O–H groups in total. The Labute approximate surface area is 150 Å². The van der Waals surface area contributed by atoms with Gasteiger partial charge in [0.1, 0.15) is 0 Å². The number of hydrogen-bond donors (Lipinski definition) is 1. The lowest BCUT2D eigenvalue weighted by Gasteiger charge is -2.36. The van der Waals surface area contributed by atoms with Crippen LogP contribution in [0.25, 0.3) is 5.57 Å². The molecular formula is C19H27ClN2. The van der Waals surface area contributed by atoms with Gasteiger partial charge in [0.15, 0.2) is 0 Å². The SMILES string of the molecule is [2H]C1([2H])NC([2H])([2H])C([2H])([2H])N(CC2=C(c3ccc(Cl)cc3)CC(C)(C)CC2)C1([2H])[2H]. The van der Waals surface area contributed by atoms with Crippen molar-refractivity contribution in [3.05, 3.63) is 40.4 Å². The zero-order valence-corrected chi connectivity index (χ0v) is 13.7. The molecule has 0 amide bonds. The molecule has 0 spiro atoms. The Morgan fingerprint density at radius 2 is 1.91 bits per heavy atom. The molecule has 0 atom stereocenters. The van der Waals surface area contributed by atoms with Gasteiger partial charge < -0.3 is 5.32 Å². The molecule has 3 heteroatoms. The van der Waals surface area contributed by atoms with Gasteiger partial charge in [0, 0.05) is 48.5 Å². The van der Waals surface area contributed by atoms with Crippen molar-refractivity contribution in [3.8, 4) is 0 Å². The Bertz CT molecular complexity index is 823. The monoisotopic (exact) mass is 326 g/mol. The van der Waals surface area contributed by atoms with E-state index in [2.05, 4.69) is 13.8 Å². The molecule has 1 saturated heterocycles. The van der Waals surface area contributed by atoms with Gasteiger partial charge in [0.05, 0.1) is 0 Å². The number of nitrogens with zero attached hydrogens (tertiary/aromatic N) is 1. The van der Waals surface area contributed by atoms with E-state index in [0.29, 0.717) is 22.8 Å². The molecule has 1 aliphatic carbocycles. The van der Waals surface area contributed by atoms with Gasteiger partial charge in [0.2, 0.25) is 0 Å². The maximum atomic E-state index is 8.32. The molecule has 0 radical (unpaired) electrons. The fraction of sp³-hybridized carbons (Fsp3) is 0.579. The van der Waals surface area contributed by atoms with Gasteiger partial charge in [-0.25, -0.2) is 0 Å². The van der Waals surface area contributed by atoms with Gasteiger partial charge >= 0.3 is 0 Å². The molecule has 0 unspecified atom stereocenters. The van der Waals surface area contributed by atoms with Crippen LogP contribution in [0.1, 0.15) is 49.6 Å². The van der Waals surface area contributed by atoms with Crippen LogP contribution in [0.5, 0.6) is 0 Å². The smallest absolute Gasteiger partial charge is 0.0444 e. The molecule has 2 nitrogen and oxygen atoms in total. The second kappa shape index (κ2) is 6.74. The molecule has 2 aliphatic rings. The Balaban J connectivity index is 2.10. The highest BCUT2D eigenvalue weighted by molar-refractivity contribution is 6.30. The Kier molecular flexibility index (Phi) is 2.71. The first kappa shape index (κ1) is 8.86. The van der Waals surface area contributed by atoms with Crippen molar-refractivity contribution in [1.29, 1.82) is 0 Å². The zero-order chi connectivity index (χ0) is 22.8. The molecule has 1 heterocycles. The van der Waals surface area contributed by atoms with Crippen molar-refractivity contribution in [3.63, 3.8) is 0 Å². The van der Waals surface area contributed by atoms with Crippen LogP contribution in [0.3, 0.4) is 0 Å².